The first-order valence-electron chi connectivity index (χ1n) is 7.05. The molecule has 0 aliphatic carbocycles. The summed E-state index contributed by atoms with van der Waals surface area (Å²) in [5.41, 5.74) is 0.793. The molecule has 0 bridgehead atoms. The van der Waals surface area contributed by atoms with Crippen molar-refractivity contribution >= 4 is 40.3 Å². The van der Waals surface area contributed by atoms with Crippen LogP contribution in [0.1, 0.15) is 17.4 Å². The van der Waals surface area contributed by atoms with Gasteiger partial charge in [-0.2, -0.15) is 4.99 Å². The van der Waals surface area contributed by atoms with Crippen molar-refractivity contribution in [2.45, 2.75) is 13.5 Å². The summed E-state index contributed by atoms with van der Waals surface area (Å²) >= 11 is 1.29. The number of aromatic carboxylic acids is 1. The Morgan fingerprint density at radius 1 is 1.43 bits per heavy atom. The molecule has 8 heteroatoms. The molecule has 118 valence electrons. The van der Waals surface area contributed by atoms with Gasteiger partial charge in [-0.1, -0.05) is 30.0 Å². The number of rotatable bonds is 4. The average Bonchev–Trinajstić information content (AvgIpc) is 3.12. The van der Waals surface area contributed by atoms with Crippen LogP contribution in [0.2, 0.25) is 0 Å². The number of hydrogen-bond donors (Lipinski definition) is 2. The molecule has 1 aliphatic heterocycles. The second-order valence-electron chi connectivity index (χ2n) is 4.81. The molecular formula is C15H15N4O3S+. The van der Waals surface area contributed by atoms with Gasteiger partial charge in [-0.25, -0.2) is 14.3 Å². The number of nitrogens with zero attached hydrogens (tertiary/aromatic N) is 3. The largest absolute Gasteiger partial charge is 0.475 e. The van der Waals surface area contributed by atoms with Crippen molar-refractivity contribution in [1.29, 1.82) is 0 Å². The summed E-state index contributed by atoms with van der Waals surface area (Å²) in [6, 6.07) is 9.18. The number of imidazole rings is 1. The van der Waals surface area contributed by atoms with E-state index in [9.17, 15) is 14.7 Å². The highest BCUT2D eigenvalue weighted by atomic mass is 32.2. The minimum absolute atomic E-state index is 0.0768. The first-order valence-corrected chi connectivity index (χ1v) is 8.04. The highest BCUT2D eigenvalue weighted by Gasteiger charge is 2.32. The fourth-order valence-corrected chi connectivity index (χ4v) is 3.21. The first-order chi connectivity index (χ1) is 11.1. The number of aromatic amines is 1. The van der Waals surface area contributed by atoms with Gasteiger partial charge in [0, 0.05) is 0 Å². The second kappa shape index (κ2) is 6.25. The fourth-order valence-electron chi connectivity index (χ4n) is 2.34. The van der Waals surface area contributed by atoms with Crippen molar-refractivity contribution in [3.05, 3.63) is 42.4 Å². The number of carbonyl (C=O) groups is 2. The number of aliphatic imine (C=N–C) groups is 1. The monoisotopic (exact) mass is 331 g/mol. The van der Waals surface area contributed by atoms with Crippen LogP contribution >= 0.6 is 11.8 Å². The van der Waals surface area contributed by atoms with E-state index in [0.717, 1.165) is 0 Å². The highest BCUT2D eigenvalue weighted by Crippen LogP contribution is 2.28. The summed E-state index contributed by atoms with van der Waals surface area (Å²) in [7, 11) is 0. The van der Waals surface area contributed by atoms with E-state index in [1.807, 2.05) is 37.3 Å². The molecular weight excluding hydrogens is 316 g/mol. The van der Waals surface area contributed by atoms with Crippen LogP contribution in [0.25, 0.3) is 0 Å². The first kappa shape index (κ1) is 15.3. The number of para-hydroxylation sites is 1. The normalized spacial score (nSPS) is 16.3. The molecule has 2 N–H and O–H groups in total. The maximum absolute atomic E-state index is 12.1. The van der Waals surface area contributed by atoms with Gasteiger partial charge >= 0.3 is 5.97 Å². The maximum atomic E-state index is 12.1. The zero-order valence-electron chi connectivity index (χ0n) is 12.4. The Balaban J connectivity index is 2.04. The number of carboxylic acid groups (broad SMARTS) is 1. The third-order valence-corrected chi connectivity index (χ3v) is 4.32. The Kier molecular flexibility index (Phi) is 4.16. The van der Waals surface area contributed by atoms with E-state index in [4.69, 9.17) is 0 Å². The lowest BCUT2D eigenvalue weighted by Crippen LogP contribution is -2.36. The van der Waals surface area contributed by atoms with Crippen LogP contribution in [-0.4, -0.2) is 32.9 Å². The molecule has 3 rings (SSSR count). The zero-order valence-corrected chi connectivity index (χ0v) is 13.2. The number of thioether (sulfide) groups is 1. The van der Waals surface area contributed by atoms with Crippen LogP contribution in [0.15, 0.2) is 41.7 Å². The number of nitrogens with one attached hydrogen (secondary N) is 1. The number of hydrogen-bond acceptors (Lipinski definition) is 4. The van der Waals surface area contributed by atoms with Crippen molar-refractivity contribution in [2.75, 3.05) is 10.7 Å². The lowest BCUT2D eigenvalue weighted by atomic mass is 10.3. The van der Waals surface area contributed by atoms with Gasteiger partial charge < -0.3 is 5.11 Å². The molecule has 1 aromatic carbocycles. The molecule has 0 spiro atoms. The van der Waals surface area contributed by atoms with Gasteiger partial charge in [0.15, 0.2) is 5.17 Å². The lowest BCUT2D eigenvalue weighted by molar-refractivity contribution is -0.694. The molecule has 1 amide bonds. The molecule has 1 fully saturated rings. The minimum Gasteiger partial charge on any atom is -0.475 e. The molecule has 0 saturated carbocycles. The number of amidine groups is 1. The van der Waals surface area contributed by atoms with Crippen molar-refractivity contribution in [3.63, 3.8) is 0 Å². The number of benzene rings is 1. The van der Waals surface area contributed by atoms with E-state index < -0.39 is 5.97 Å². The van der Waals surface area contributed by atoms with Crippen LogP contribution in [0.4, 0.5) is 11.5 Å². The van der Waals surface area contributed by atoms with Crippen LogP contribution in [-0.2, 0) is 11.3 Å². The average molecular weight is 331 g/mol. The SMILES string of the molecule is CC[n+]1c[nH]c(N=C2SCC(=O)N2c2ccccc2)c1C(=O)O. The fraction of sp³-hybridized carbons (Fsp3) is 0.200. The summed E-state index contributed by atoms with van der Waals surface area (Å²) in [4.78, 5) is 32.4. The predicted octanol–water partition coefficient (Wildman–Crippen LogP) is 1.79. The van der Waals surface area contributed by atoms with Crippen molar-refractivity contribution in [3.8, 4) is 0 Å². The van der Waals surface area contributed by atoms with Crippen LogP contribution in [0.3, 0.4) is 0 Å². The molecule has 1 aromatic heterocycles. The molecule has 2 heterocycles. The van der Waals surface area contributed by atoms with Gasteiger partial charge in [0.25, 0.3) is 11.5 Å². The summed E-state index contributed by atoms with van der Waals surface area (Å²) in [5.74, 6) is -0.623. The number of H-pyrrole nitrogens is 1. The molecule has 1 aliphatic rings. The molecule has 23 heavy (non-hydrogen) atoms. The predicted molar refractivity (Wildman–Crippen MR) is 87.1 cm³/mol. The van der Waals surface area contributed by atoms with Gasteiger partial charge in [0.05, 0.1) is 18.0 Å². The molecule has 2 aromatic rings. The lowest BCUT2D eigenvalue weighted by Gasteiger charge is -2.15. The Labute approximate surface area is 136 Å². The van der Waals surface area contributed by atoms with E-state index in [0.29, 0.717) is 17.4 Å². The summed E-state index contributed by atoms with van der Waals surface area (Å²) in [6.45, 7) is 2.36. The third kappa shape index (κ3) is 2.85. The van der Waals surface area contributed by atoms with Crippen LogP contribution in [0, 0.1) is 0 Å². The summed E-state index contributed by atoms with van der Waals surface area (Å²) in [5, 5.41) is 9.84. The Morgan fingerprint density at radius 2 is 2.17 bits per heavy atom. The standard InChI is InChI=1S/C15H14N4O3S/c1-2-18-9-16-13(12(18)14(21)22)17-15-19(11(20)8-23-15)10-6-4-3-5-7-10/h3-7,9H,2,8H2,1H3,(H,21,22)/p+1. The van der Waals surface area contributed by atoms with E-state index >= 15 is 0 Å². The van der Waals surface area contributed by atoms with Gasteiger partial charge in [0.1, 0.15) is 0 Å². The number of carboxylic acids is 1. The molecule has 0 unspecified atom stereocenters. The van der Waals surface area contributed by atoms with Crippen molar-refractivity contribution < 1.29 is 19.3 Å². The Bertz CT molecular complexity index is 785. The highest BCUT2D eigenvalue weighted by molar-refractivity contribution is 8.15. The minimum atomic E-state index is -1.06. The van der Waals surface area contributed by atoms with Crippen LogP contribution in [0.5, 0.6) is 0 Å². The van der Waals surface area contributed by atoms with Crippen molar-refractivity contribution in [2.24, 2.45) is 4.99 Å². The Hall–Kier alpha value is -2.61. The van der Waals surface area contributed by atoms with E-state index in [1.165, 1.54) is 16.7 Å². The number of aromatic nitrogens is 2. The van der Waals surface area contributed by atoms with Crippen molar-refractivity contribution in [1.82, 2.24) is 4.98 Å². The zero-order chi connectivity index (χ0) is 16.4. The van der Waals surface area contributed by atoms with Gasteiger partial charge in [-0.05, 0) is 19.1 Å². The number of anilines is 1. The number of aryl methyl sites for hydroxylation is 1. The summed E-state index contributed by atoms with van der Waals surface area (Å²) in [6.07, 6.45) is 1.57. The topological polar surface area (TPSA) is 89.6 Å². The molecule has 1 saturated heterocycles. The van der Waals surface area contributed by atoms with E-state index in [1.54, 1.807) is 10.9 Å². The quantitative estimate of drug-likeness (QED) is 0.836. The third-order valence-electron chi connectivity index (χ3n) is 3.40. The smallest absolute Gasteiger partial charge is 0.382 e. The molecule has 0 radical (unpaired) electrons. The van der Waals surface area contributed by atoms with Gasteiger partial charge in [0.2, 0.25) is 12.2 Å². The molecule has 7 nitrogen and oxygen atoms in total. The number of amides is 1. The van der Waals surface area contributed by atoms with Gasteiger partial charge in [-0.3, -0.25) is 9.69 Å². The molecule has 0 atom stereocenters. The van der Waals surface area contributed by atoms with E-state index in [2.05, 4.69) is 9.98 Å². The van der Waals surface area contributed by atoms with E-state index in [-0.39, 0.29) is 23.2 Å². The summed E-state index contributed by atoms with van der Waals surface area (Å²) < 4.78 is 1.57. The van der Waals surface area contributed by atoms with Crippen LogP contribution < -0.4 is 9.47 Å². The second-order valence-corrected chi connectivity index (χ2v) is 5.75. The maximum Gasteiger partial charge on any atom is 0.382 e. The Morgan fingerprint density at radius 3 is 2.83 bits per heavy atom. The number of carbonyl (C=O) groups excluding carboxylic acids is 1. The van der Waals surface area contributed by atoms with Gasteiger partial charge in [-0.15, -0.1) is 0 Å².